The summed E-state index contributed by atoms with van der Waals surface area (Å²) in [6.07, 6.45) is 0.974. The maximum Gasteiger partial charge on any atom is 0.226 e. The Morgan fingerprint density at radius 3 is 2.79 bits per heavy atom. The normalized spacial score (nSPS) is 10.8. The van der Waals surface area contributed by atoms with Crippen molar-refractivity contribution >= 4 is 29.0 Å². The molecule has 0 aliphatic heterocycles. The van der Waals surface area contributed by atoms with E-state index < -0.39 is 0 Å². The molecule has 0 aromatic carbocycles. The van der Waals surface area contributed by atoms with Crippen molar-refractivity contribution in [2.75, 3.05) is 0 Å². The molecule has 0 aliphatic carbocycles. The Labute approximate surface area is 118 Å². The molecular weight excluding hydrogens is 284 g/mol. The molecule has 2 rings (SSSR count). The Kier molecular flexibility index (Phi) is 4.54. The number of aryl methyl sites for hydroxylation is 2. The highest BCUT2D eigenvalue weighted by Crippen LogP contribution is 2.29. The minimum Gasteiger partial charge on any atom is -0.424 e. The lowest BCUT2D eigenvalue weighted by Gasteiger charge is -1.91. The van der Waals surface area contributed by atoms with Crippen molar-refractivity contribution in [1.29, 1.82) is 0 Å². The van der Waals surface area contributed by atoms with Crippen LogP contribution < -0.4 is 5.73 Å². The standard InChI is InChI=1S/C11H14N4O2S2/c1-3-9-14-15-10(17-9)5-18-11-13-6(2)7(19-11)4-8(12)16/h3-5H2,1-2H3,(H2,12,16). The zero-order valence-electron chi connectivity index (χ0n) is 10.7. The number of carbonyl (C=O) groups is 1. The molecule has 2 heterocycles. The van der Waals surface area contributed by atoms with Gasteiger partial charge >= 0.3 is 0 Å². The minimum atomic E-state index is -0.340. The van der Waals surface area contributed by atoms with Gasteiger partial charge in [-0.3, -0.25) is 4.79 Å². The molecule has 0 fully saturated rings. The Morgan fingerprint density at radius 2 is 2.16 bits per heavy atom. The molecule has 1 amide bonds. The van der Waals surface area contributed by atoms with Crippen molar-refractivity contribution in [3.63, 3.8) is 0 Å². The molecule has 19 heavy (non-hydrogen) atoms. The maximum atomic E-state index is 10.9. The maximum absolute atomic E-state index is 10.9. The highest BCUT2D eigenvalue weighted by molar-refractivity contribution is 8.00. The second-order valence-electron chi connectivity index (χ2n) is 3.86. The molecule has 2 aromatic rings. The smallest absolute Gasteiger partial charge is 0.226 e. The number of thiazole rings is 1. The van der Waals surface area contributed by atoms with Gasteiger partial charge in [-0.1, -0.05) is 18.7 Å². The fourth-order valence-electron chi connectivity index (χ4n) is 1.40. The lowest BCUT2D eigenvalue weighted by Crippen LogP contribution is -2.13. The van der Waals surface area contributed by atoms with E-state index in [1.165, 1.54) is 23.1 Å². The number of rotatable bonds is 6. The van der Waals surface area contributed by atoms with Gasteiger partial charge in [0, 0.05) is 11.3 Å². The third-order valence-electron chi connectivity index (χ3n) is 2.34. The van der Waals surface area contributed by atoms with Gasteiger partial charge in [-0.15, -0.1) is 21.5 Å². The Morgan fingerprint density at radius 1 is 1.42 bits per heavy atom. The zero-order chi connectivity index (χ0) is 13.8. The molecule has 8 heteroatoms. The van der Waals surface area contributed by atoms with Crippen molar-refractivity contribution in [3.05, 3.63) is 22.4 Å². The van der Waals surface area contributed by atoms with Gasteiger partial charge in [-0.05, 0) is 6.92 Å². The number of hydrogen-bond acceptors (Lipinski definition) is 7. The van der Waals surface area contributed by atoms with Gasteiger partial charge < -0.3 is 10.2 Å². The fraction of sp³-hybridized carbons (Fsp3) is 0.455. The molecule has 2 N–H and O–H groups in total. The number of amides is 1. The van der Waals surface area contributed by atoms with Crippen molar-refractivity contribution in [2.24, 2.45) is 5.73 Å². The fourth-order valence-corrected chi connectivity index (χ4v) is 3.48. The van der Waals surface area contributed by atoms with Crippen LogP contribution in [0.5, 0.6) is 0 Å². The van der Waals surface area contributed by atoms with Crippen LogP contribution in [0.2, 0.25) is 0 Å². The summed E-state index contributed by atoms with van der Waals surface area (Å²) in [4.78, 5) is 16.2. The van der Waals surface area contributed by atoms with Crippen molar-refractivity contribution in [2.45, 2.75) is 36.8 Å². The average Bonchev–Trinajstić information content (AvgIpc) is 2.94. The monoisotopic (exact) mass is 298 g/mol. The number of aromatic nitrogens is 3. The molecule has 102 valence electrons. The summed E-state index contributed by atoms with van der Waals surface area (Å²) in [6.45, 7) is 3.84. The Bertz CT molecular complexity index is 579. The van der Waals surface area contributed by atoms with Gasteiger partial charge in [0.15, 0.2) is 4.34 Å². The van der Waals surface area contributed by atoms with E-state index in [-0.39, 0.29) is 12.3 Å². The number of primary amides is 1. The predicted molar refractivity (Wildman–Crippen MR) is 73.0 cm³/mol. The van der Waals surface area contributed by atoms with Crippen LogP contribution in [-0.2, 0) is 23.4 Å². The van der Waals surface area contributed by atoms with Gasteiger partial charge in [-0.25, -0.2) is 4.98 Å². The summed E-state index contributed by atoms with van der Waals surface area (Å²) < 4.78 is 6.30. The second kappa shape index (κ2) is 6.16. The van der Waals surface area contributed by atoms with E-state index in [9.17, 15) is 4.79 Å². The predicted octanol–water partition coefficient (Wildman–Crippen LogP) is 1.72. The molecule has 2 aromatic heterocycles. The van der Waals surface area contributed by atoms with E-state index in [2.05, 4.69) is 15.2 Å². The topological polar surface area (TPSA) is 94.9 Å². The van der Waals surface area contributed by atoms with E-state index in [1.807, 2.05) is 13.8 Å². The quantitative estimate of drug-likeness (QED) is 0.816. The molecule has 0 aliphatic rings. The molecule has 0 saturated carbocycles. The second-order valence-corrected chi connectivity index (χ2v) is 6.17. The number of carbonyl (C=O) groups excluding carboxylic acids is 1. The molecule has 0 spiro atoms. The molecule has 0 radical (unpaired) electrons. The molecule has 0 bridgehead atoms. The van der Waals surface area contributed by atoms with Crippen LogP contribution >= 0.6 is 23.1 Å². The largest absolute Gasteiger partial charge is 0.424 e. The van der Waals surface area contributed by atoms with Gasteiger partial charge in [-0.2, -0.15) is 0 Å². The lowest BCUT2D eigenvalue weighted by molar-refractivity contribution is -0.117. The van der Waals surface area contributed by atoms with Gasteiger partial charge in [0.1, 0.15) is 0 Å². The molecule has 0 unspecified atom stereocenters. The molecular formula is C11H14N4O2S2. The van der Waals surface area contributed by atoms with E-state index in [0.717, 1.165) is 21.3 Å². The SMILES string of the molecule is CCc1nnc(CSc2nc(C)c(CC(N)=O)s2)o1. The van der Waals surface area contributed by atoms with Crippen LogP contribution in [0.15, 0.2) is 8.76 Å². The Hall–Kier alpha value is -1.41. The van der Waals surface area contributed by atoms with Crippen LogP contribution in [0.3, 0.4) is 0 Å². The number of nitrogens with two attached hydrogens (primary N) is 1. The first-order valence-corrected chi connectivity index (χ1v) is 7.57. The van der Waals surface area contributed by atoms with Crippen LogP contribution in [0.1, 0.15) is 29.3 Å². The zero-order valence-corrected chi connectivity index (χ0v) is 12.3. The first kappa shape index (κ1) is 14.0. The van der Waals surface area contributed by atoms with Gasteiger partial charge in [0.2, 0.25) is 17.7 Å². The summed E-state index contributed by atoms with van der Waals surface area (Å²) in [6, 6.07) is 0. The van der Waals surface area contributed by atoms with Crippen LogP contribution in [0.4, 0.5) is 0 Å². The third kappa shape index (κ3) is 3.77. The number of nitrogens with zero attached hydrogens (tertiary/aromatic N) is 3. The average molecular weight is 298 g/mol. The number of hydrogen-bond donors (Lipinski definition) is 1. The molecule has 0 saturated heterocycles. The van der Waals surface area contributed by atoms with Crippen LogP contribution in [0.25, 0.3) is 0 Å². The van der Waals surface area contributed by atoms with E-state index in [1.54, 1.807) is 0 Å². The van der Waals surface area contributed by atoms with Crippen molar-refractivity contribution in [3.8, 4) is 0 Å². The third-order valence-corrected chi connectivity index (χ3v) is 4.62. The van der Waals surface area contributed by atoms with E-state index in [4.69, 9.17) is 10.2 Å². The lowest BCUT2D eigenvalue weighted by atomic mass is 10.3. The van der Waals surface area contributed by atoms with Crippen molar-refractivity contribution < 1.29 is 9.21 Å². The first-order valence-electron chi connectivity index (χ1n) is 5.77. The summed E-state index contributed by atoms with van der Waals surface area (Å²) in [7, 11) is 0. The highest BCUT2D eigenvalue weighted by atomic mass is 32.2. The summed E-state index contributed by atoms with van der Waals surface area (Å²) >= 11 is 3.00. The summed E-state index contributed by atoms with van der Waals surface area (Å²) in [5.41, 5.74) is 6.04. The van der Waals surface area contributed by atoms with Crippen molar-refractivity contribution in [1.82, 2.24) is 15.2 Å². The van der Waals surface area contributed by atoms with Gasteiger partial charge in [0.25, 0.3) is 0 Å². The number of thioether (sulfide) groups is 1. The van der Waals surface area contributed by atoms with Crippen LogP contribution in [-0.4, -0.2) is 21.1 Å². The first-order chi connectivity index (χ1) is 9.08. The van der Waals surface area contributed by atoms with E-state index in [0.29, 0.717) is 17.5 Å². The molecule has 6 nitrogen and oxygen atoms in total. The Balaban J connectivity index is 1.97. The van der Waals surface area contributed by atoms with Gasteiger partial charge in [0.05, 0.1) is 17.9 Å². The summed E-state index contributed by atoms with van der Waals surface area (Å²) in [5.74, 6) is 1.47. The minimum absolute atomic E-state index is 0.241. The summed E-state index contributed by atoms with van der Waals surface area (Å²) in [5, 5.41) is 7.85. The van der Waals surface area contributed by atoms with E-state index >= 15 is 0 Å². The highest BCUT2D eigenvalue weighted by Gasteiger charge is 2.12. The molecule has 0 atom stereocenters. The van der Waals surface area contributed by atoms with Crippen LogP contribution in [0, 0.1) is 6.92 Å².